The number of hydrogen-bond acceptors (Lipinski definition) is 3. The third kappa shape index (κ3) is 5.50. The van der Waals surface area contributed by atoms with Crippen molar-refractivity contribution in [3.8, 4) is 0 Å². The van der Waals surface area contributed by atoms with Gasteiger partial charge in [-0.1, -0.05) is 44.7 Å². The summed E-state index contributed by atoms with van der Waals surface area (Å²) in [5.74, 6) is -0.263. The Kier molecular flexibility index (Phi) is 5.80. The van der Waals surface area contributed by atoms with Crippen molar-refractivity contribution < 1.29 is 14.3 Å². The van der Waals surface area contributed by atoms with E-state index in [2.05, 4.69) is 6.92 Å². The van der Waals surface area contributed by atoms with Crippen molar-refractivity contribution >= 4 is 5.97 Å². The Labute approximate surface area is 127 Å². The minimum absolute atomic E-state index is 0.242. The molecule has 1 atom stereocenters. The number of aryl methyl sites for hydroxylation is 1. The van der Waals surface area contributed by atoms with E-state index in [-0.39, 0.29) is 11.6 Å². The maximum absolute atomic E-state index is 11.9. The number of unbranched alkanes of at least 4 members (excludes halogenated alkanes) is 4. The number of carbonyl (C=O) groups excluding carboxylic acids is 1. The molecule has 0 radical (unpaired) electrons. The molecule has 0 spiro atoms. The van der Waals surface area contributed by atoms with Crippen LogP contribution in [0.5, 0.6) is 0 Å². The molecular formula is C18H26O3. The molecule has 3 nitrogen and oxygen atoms in total. The summed E-state index contributed by atoms with van der Waals surface area (Å²) < 4.78 is 10.5. The molecule has 0 saturated carbocycles. The number of esters is 1. The average molecular weight is 290 g/mol. The van der Waals surface area contributed by atoms with E-state index in [1.807, 2.05) is 31.2 Å². The zero-order chi connectivity index (χ0) is 15.1. The minimum atomic E-state index is -0.263. The van der Waals surface area contributed by atoms with Crippen LogP contribution in [-0.4, -0.2) is 24.8 Å². The van der Waals surface area contributed by atoms with Crippen molar-refractivity contribution in [3.63, 3.8) is 0 Å². The van der Waals surface area contributed by atoms with Crippen molar-refractivity contribution in [3.05, 3.63) is 35.4 Å². The van der Waals surface area contributed by atoms with E-state index in [0.29, 0.717) is 18.8 Å². The smallest absolute Gasteiger partial charge is 0.338 e. The van der Waals surface area contributed by atoms with Crippen molar-refractivity contribution in [1.29, 1.82) is 0 Å². The Morgan fingerprint density at radius 3 is 2.48 bits per heavy atom. The Bertz CT molecular complexity index is 446. The molecule has 1 fully saturated rings. The van der Waals surface area contributed by atoms with Gasteiger partial charge in [0.1, 0.15) is 12.2 Å². The number of carbonyl (C=O) groups is 1. The van der Waals surface area contributed by atoms with Crippen molar-refractivity contribution in [2.45, 2.75) is 58.0 Å². The van der Waals surface area contributed by atoms with Gasteiger partial charge in [0.25, 0.3) is 0 Å². The number of ether oxygens (including phenoxy) is 2. The van der Waals surface area contributed by atoms with Crippen LogP contribution in [0.25, 0.3) is 0 Å². The summed E-state index contributed by atoms with van der Waals surface area (Å²) in [4.78, 5) is 11.9. The van der Waals surface area contributed by atoms with Gasteiger partial charge in [-0.25, -0.2) is 4.79 Å². The standard InChI is InChI=1S/C18H26O3/c1-3-4-5-6-7-8-15-9-11-16(12-10-15)17(19)20-13-18(2)14-21-18/h9-12H,3-8,13-14H2,1-2H3. The summed E-state index contributed by atoms with van der Waals surface area (Å²) in [5.41, 5.74) is 1.67. The van der Waals surface area contributed by atoms with Crippen LogP contribution in [0.2, 0.25) is 0 Å². The van der Waals surface area contributed by atoms with Gasteiger partial charge in [-0.15, -0.1) is 0 Å². The van der Waals surface area contributed by atoms with Crippen LogP contribution in [0, 0.1) is 0 Å². The lowest BCUT2D eigenvalue weighted by Gasteiger charge is -2.08. The van der Waals surface area contributed by atoms with Gasteiger partial charge in [0, 0.05) is 0 Å². The lowest BCUT2D eigenvalue weighted by Crippen LogP contribution is -2.18. The molecule has 1 saturated heterocycles. The third-order valence-corrected chi connectivity index (χ3v) is 3.90. The Morgan fingerprint density at radius 2 is 1.86 bits per heavy atom. The second kappa shape index (κ2) is 7.60. The summed E-state index contributed by atoms with van der Waals surface area (Å²) in [6, 6.07) is 7.79. The summed E-state index contributed by atoms with van der Waals surface area (Å²) >= 11 is 0. The maximum atomic E-state index is 11.9. The van der Waals surface area contributed by atoms with Gasteiger partial charge in [0.05, 0.1) is 12.2 Å². The summed E-state index contributed by atoms with van der Waals surface area (Å²) in [5, 5.41) is 0. The van der Waals surface area contributed by atoms with Gasteiger partial charge >= 0.3 is 5.97 Å². The normalized spacial score (nSPS) is 20.3. The zero-order valence-electron chi connectivity index (χ0n) is 13.2. The summed E-state index contributed by atoms with van der Waals surface area (Å²) in [7, 11) is 0. The first-order valence-corrected chi connectivity index (χ1v) is 8.03. The minimum Gasteiger partial charge on any atom is -0.459 e. The second-order valence-corrected chi connectivity index (χ2v) is 6.18. The number of hydrogen-bond donors (Lipinski definition) is 0. The van der Waals surface area contributed by atoms with Crippen LogP contribution >= 0.6 is 0 Å². The first-order valence-electron chi connectivity index (χ1n) is 8.03. The van der Waals surface area contributed by atoms with Gasteiger partial charge < -0.3 is 9.47 Å². The molecule has 1 aliphatic rings. The van der Waals surface area contributed by atoms with Crippen LogP contribution in [-0.2, 0) is 15.9 Å². The predicted octanol–water partition coefficient (Wildman–Crippen LogP) is 4.15. The molecule has 0 aliphatic carbocycles. The maximum Gasteiger partial charge on any atom is 0.338 e. The van der Waals surface area contributed by atoms with E-state index in [4.69, 9.17) is 9.47 Å². The summed E-state index contributed by atoms with van der Waals surface area (Å²) in [6.45, 7) is 5.19. The highest BCUT2D eigenvalue weighted by molar-refractivity contribution is 5.89. The van der Waals surface area contributed by atoms with E-state index >= 15 is 0 Å². The highest BCUT2D eigenvalue weighted by Gasteiger charge is 2.40. The van der Waals surface area contributed by atoms with Crippen molar-refractivity contribution in [2.75, 3.05) is 13.2 Å². The Balaban J connectivity index is 1.71. The molecule has 1 aromatic rings. The van der Waals surface area contributed by atoms with E-state index in [1.54, 1.807) is 0 Å². The molecule has 1 unspecified atom stereocenters. The quantitative estimate of drug-likeness (QED) is 0.390. The van der Waals surface area contributed by atoms with Crippen molar-refractivity contribution in [2.24, 2.45) is 0 Å². The molecule has 3 heteroatoms. The highest BCUT2D eigenvalue weighted by atomic mass is 16.6. The lowest BCUT2D eigenvalue weighted by atomic mass is 10.0. The number of rotatable bonds is 9. The molecule has 21 heavy (non-hydrogen) atoms. The fourth-order valence-electron chi connectivity index (χ4n) is 2.25. The first-order chi connectivity index (χ1) is 10.1. The molecule has 0 bridgehead atoms. The molecule has 1 aliphatic heterocycles. The summed E-state index contributed by atoms with van der Waals surface area (Å²) in [6.07, 6.45) is 7.52. The van der Waals surface area contributed by atoms with Gasteiger partial charge in [-0.05, 0) is 37.5 Å². The van der Waals surface area contributed by atoms with Gasteiger partial charge in [-0.2, -0.15) is 0 Å². The SMILES string of the molecule is CCCCCCCc1ccc(C(=O)OCC2(C)CO2)cc1. The molecule has 1 heterocycles. The van der Waals surface area contributed by atoms with E-state index in [9.17, 15) is 4.79 Å². The van der Waals surface area contributed by atoms with E-state index in [0.717, 1.165) is 6.42 Å². The molecule has 0 aromatic heterocycles. The lowest BCUT2D eigenvalue weighted by molar-refractivity contribution is 0.0411. The van der Waals surface area contributed by atoms with Crippen LogP contribution in [0.4, 0.5) is 0 Å². The molecule has 1 aromatic carbocycles. The highest BCUT2D eigenvalue weighted by Crippen LogP contribution is 2.26. The topological polar surface area (TPSA) is 38.8 Å². The molecule has 0 N–H and O–H groups in total. The van der Waals surface area contributed by atoms with Crippen molar-refractivity contribution in [1.82, 2.24) is 0 Å². The third-order valence-electron chi connectivity index (χ3n) is 3.90. The van der Waals surface area contributed by atoms with Gasteiger partial charge in [-0.3, -0.25) is 0 Å². The largest absolute Gasteiger partial charge is 0.459 e. The van der Waals surface area contributed by atoms with Gasteiger partial charge in [0.2, 0.25) is 0 Å². The van der Waals surface area contributed by atoms with Crippen LogP contribution in [0.3, 0.4) is 0 Å². The molecule has 116 valence electrons. The molecular weight excluding hydrogens is 264 g/mol. The zero-order valence-corrected chi connectivity index (χ0v) is 13.2. The monoisotopic (exact) mass is 290 g/mol. The predicted molar refractivity (Wildman–Crippen MR) is 83.5 cm³/mol. The second-order valence-electron chi connectivity index (χ2n) is 6.18. The fourth-order valence-corrected chi connectivity index (χ4v) is 2.25. The number of epoxide rings is 1. The molecule has 0 amide bonds. The molecule has 2 rings (SSSR count). The number of benzene rings is 1. The average Bonchev–Trinajstić information content (AvgIpc) is 3.23. The first kappa shape index (κ1) is 16.0. The van der Waals surface area contributed by atoms with Crippen LogP contribution in [0.1, 0.15) is 61.9 Å². The van der Waals surface area contributed by atoms with E-state index in [1.165, 1.54) is 37.7 Å². The van der Waals surface area contributed by atoms with Crippen LogP contribution in [0.15, 0.2) is 24.3 Å². The Morgan fingerprint density at radius 1 is 1.19 bits per heavy atom. The fraction of sp³-hybridized carbons (Fsp3) is 0.611. The van der Waals surface area contributed by atoms with Crippen LogP contribution < -0.4 is 0 Å². The Hall–Kier alpha value is -1.35. The van der Waals surface area contributed by atoms with Gasteiger partial charge in [0.15, 0.2) is 0 Å². The van der Waals surface area contributed by atoms with E-state index < -0.39 is 0 Å².